The van der Waals surface area contributed by atoms with Crippen molar-refractivity contribution >= 4 is 34.8 Å². The molecule has 1 aliphatic rings. The van der Waals surface area contributed by atoms with Crippen LogP contribution < -0.4 is 10.2 Å². The van der Waals surface area contributed by atoms with Gasteiger partial charge in [-0.05, 0) is 55.6 Å². The third kappa shape index (κ3) is 4.45. The maximum absolute atomic E-state index is 13.6. The average Bonchev–Trinajstić information content (AvgIpc) is 3.24. The first-order valence-electron chi connectivity index (χ1n) is 10.5. The van der Waals surface area contributed by atoms with E-state index in [9.17, 15) is 27.2 Å². The van der Waals surface area contributed by atoms with Gasteiger partial charge in [0.05, 0.1) is 23.6 Å². The number of hydrogen-bond acceptors (Lipinski definition) is 5. The van der Waals surface area contributed by atoms with Gasteiger partial charge in [-0.1, -0.05) is 6.92 Å². The highest BCUT2D eigenvalue weighted by atomic mass is 19.4. The van der Waals surface area contributed by atoms with E-state index in [1.54, 1.807) is 6.20 Å². The lowest BCUT2D eigenvalue weighted by molar-refractivity contribution is -0.139. The number of carbonyl (C=O) groups is 2. The molecular formula is C22H22F4N6O2. The zero-order valence-electron chi connectivity index (χ0n) is 18.4. The van der Waals surface area contributed by atoms with Crippen LogP contribution in [-0.4, -0.2) is 52.7 Å². The summed E-state index contributed by atoms with van der Waals surface area (Å²) in [6.07, 6.45) is -0.974. The molecule has 2 aromatic heterocycles. The zero-order valence-corrected chi connectivity index (χ0v) is 18.4. The Morgan fingerprint density at radius 2 is 2.09 bits per heavy atom. The normalized spacial score (nSPS) is 19.2. The van der Waals surface area contributed by atoms with E-state index in [4.69, 9.17) is 0 Å². The van der Waals surface area contributed by atoms with Crippen LogP contribution in [0, 0.1) is 11.7 Å². The van der Waals surface area contributed by atoms with Crippen molar-refractivity contribution in [1.82, 2.24) is 20.1 Å². The number of amides is 3. The van der Waals surface area contributed by atoms with Crippen molar-refractivity contribution in [1.29, 1.82) is 0 Å². The molecule has 1 saturated heterocycles. The number of hydrogen-bond donors (Lipinski definition) is 2. The van der Waals surface area contributed by atoms with Crippen LogP contribution in [0.3, 0.4) is 0 Å². The molecule has 0 bridgehead atoms. The van der Waals surface area contributed by atoms with E-state index < -0.39 is 23.6 Å². The first-order valence-corrected chi connectivity index (χ1v) is 10.5. The zero-order chi connectivity index (χ0) is 24.6. The van der Waals surface area contributed by atoms with Gasteiger partial charge in [-0.15, -0.1) is 0 Å². The topological polar surface area (TPSA) is 94.2 Å². The van der Waals surface area contributed by atoms with Crippen molar-refractivity contribution in [3.8, 4) is 0 Å². The molecule has 3 heterocycles. The summed E-state index contributed by atoms with van der Waals surface area (Å²) < 4.78 is 52.8. The Labute approximate surface area is 191 Å². The number of anilines is 2. The van der Waals surface area contributed by atoms with Crippen molar-refractivity contribution in [3.63, 3.8) is 0 Å². The van der Waals surface area contributed by atoms with Gasteiger partial charge < -0.3 is 10.2 Å². The summed E-state index contributed by atoms with van der Waals surface area (Å²) >= 11 is 0. The first-order chi connectivity index (χ1) is 16.1. The van der Waals surface area contributed by atoms with E-state index in [0.29, 0.717) is 28.7 Å². The Morgan fingerprint density at radius 1 is 1.32 bits per heavy atom. The SMILES string of the molecule is CC1CN(C)CCC1c1c(N(C=O)C(=O)Nc2ccc(F)c(C(F)(F)F)c2)cnc2[nH]ncc12. The van der Waals surface area contributed by atoms with Gasteiger partial charge in [0.2, 0.25) is 6.41 Å². The summed E-state index contributed by atoms with van der Waals surface area (Å²) in [5, 5.41) is 9.71. The number of nitrogens with one attached hydrogen (secondary N) is 2. The van der Waals surface area contributed by atoms with E-state index in [2.05, 4.69) is 32.3 Å². The fourth-order valence-electron chi connectivity index (χ4n) is 4.49. The largest absolute Gasteiger partial charge is 0.419 e. The summed E-state index contributed by atoms with van der Waals surface area (Å²) in [6, 6.07) is 1.08. The third-order valence-corrected chi connectivity index (χ3v) is 6.09. The Bertz CT molecular complexity index is 1230. The number of pyridine rings is 1. The van der Waals surface area contributed by atoms with Crippen molar-refractivity contribution in [2.24, 2.45) is 5.92 Å². The van der Waals surface area contributed by atoms with Crippen LogP contribution in [0.4, 0.5) is 33.7 Å². The predicted molar refractivity (Wildman–Crippen MR) is 117 cm³/mol. The minimum absolute atomic E-state index is 0.0211. The molecule has 180 valence electrons. The lowest BCUT2D eigenvalue weighted by Gasteiger charge is -2.36. The van der Waals surface area contributed by atoms with Gasteiger partial charge in [-0.3, -0.25) is 9.89 Å². The number of fused-ring (bicyclic) bond motifs is 1. The maximum Gasteiger partial charge on any atom is 0.419 e. The third-order valence-electron chi connectivity index (χ3n) is 6.09. The Kier molecular flexibility index (Phi) is 6.26. The second-order valence-electron chi connectivity index (χ2n) is 8.42. The van der Waals surface area contributed by atoms with Crippen LogP contribution >= 0.6 is 0 Å². The Hall–Kier alpha value is -3.54. The molecule has 1 fully saturated rings. The lowest BCUT2D eigenvalue weighted by Crippen LogP contribution is -2.38. The van der Waals surface area contributed by atoms with Gasteiger partial charge >= 0.3 is 12.2 Å². The minimum atomic E-state index is -4.94. The molecule has 34 heavy (non-hydrogen) atoms. The number of carbonyl (C=O) groups excluding carboxylic acids is 2. The molecule has 0 aliphatic carbocycles. The number of benzene rings is 1. The van der Waals surface area contributed by atoms with Gasteiger partial charge in [0, 0.05) is 17.6 Å². The van der Waals surface area contributed by atoms with Crippen LogP contribution in [0.25, 0.3) is 11.0 Å². The molecule has 2 atom stereocenters. The number of H-pyrrole nitrogens is 1. The second-order valence-corrected chi connectivity index (χ2v) is 8.42. The van der Waals surface area contributed by atoms with E-state index in [1.165, 1.54) is 6.20 Å². The average molecular weight is 478 g/mol. The summed E-state index contributed by atoms with van der Waals surface area (Å²) in [7, 11) is 2.01. The number of rotatable bonds is 4. The van der Waals surface area contributed by atoms with E-state index in [1.807, 2.05) is 7.05 Å². The molecule has 1 aromatic carbocycles. The van der Waals surface area contributed by atoms with Crippen molar-refractivity contribution in [2.75, 3.05) is 30.4 Å². The number of piperidine rings is 1. The van der Waals surface area contributed by atoms with Gasteiger partial charge in [0.15, 0.2) is 5.65 Å². The summed E-state index contributed by atoms with van der Waals surface area (Å²) in [5.74, 6) is -1.31. The number of aromatic amines is 1. The van der Waals surface area contributed by atoms with E-state index in [-0.39, 0.29) is 29.6 Å². The van der Waals surface area contributed by atoms with Crippen LogP contribution in [-0.2, 0) is 11.0 Å². The smallest absolute Gasteiger partial charge is 0.307 e. The molecule has 2 unspecified atom stereocenters. The molecule has 0 saturated carbocycles. The highest BCUT2D eigenvalue weighted by Crippen LogP contribution is 2.41. The quantitative estimate of drug-likeness (QED) is 0.429. The van der Waals surface area contributed by atoms with Crippen molar-refractivity contribution in [3.05, 3.63) is 47.5 Å². The molecule has 1 aliphatic heterocycles. The lowest BCUT2D eigenvalue weighted by atomic mass is 9.80. The summed E-state index contributed by atoms with van der Waals surface area (Å²) in [4.78, 5) is 32.2. The molecule has 3 aromatic rings. The van der Waals surface area contributed by atoms with E-state index >= 15 is 0 Å². The van der Waals surface area contributed by atoms with Gasteiger partial charge in [-0.2, -0.15) is 18.3 Å². The number of halogens is 4. The summed E-state index contributed by atoms with van der Waals surface area (Å²) in [6.45, 7) is 3.67. The van der Waals surface area contributed by atoms with Gasteiger partial charge in [0.1, 0.15) is 5.82 Å². The second kappa shape index (κ2) is 9.01. The molecule has 4 rings (SSSR count). The van der Waals surface area contributed by atoms with Gasteiger partial charge in [-0.25, -0.2) is 19.1 Å². The van der Waals surface area contributed by atoms with Crippen LogP contribution in [0.2, 0.25) is 0 Å². The molecule has 8 nitrogen and oxygen atoms in total. The van der Waals surface area contributed by atoms with Crippen molar-refractivity contribution < 1.29 is 27.2 Å². The van der Waals surface area contributed by atoms with Crippen LogP contribution in [0.5, 0.6) is 0 Å². The highest BCUT2D eigenvalue weighted by molar-refractivity contribution is 6.13. The predicted octanol–water partition coefficient (Wildman–Crippen LogP) is 4.37. The number of likely N-dealkylation sites (tertiary alicyclic amines) is 1. The van der Waals surface area contributed by atoms with E-state index in [0.717, 1.165) is 30.5 Å². The molecule has 2 N–H and O–H groups in total. The van der Waals surface area contributed by atoms with Crippen LogP contribution in [0.1, 0.15) is 30.4 Å². The minimum Gasteiger partial charge on any atom is -0.307 e. The monoisotopic (exact) mass is 478 g/mol. The standard InChI is InChI=1S/C22H22F4N6O2/c1-12-10-31(2)6-5-14(12)19-15-8-28-30-20(15)27-9-18(19)32(11-33)21(34)29-13-3-4-17(23)16(7-13)22(24,25)26/h3-4,7-9,11-12,14H,5-6,10H2,1-2H3,(H,29,34)(H,27,28,30). The van der Waals surface area contributed by atoms with Gasteiger partial charge in [0.25, 0.3) is 0 Å². The Morgan fingerprint density at radius 3 is 2.76 bits per heavy atom. The first kappa shape index (κ1) is 23.6. The number of nitrogens with zero attached hydrogens (tertiary/aromatic N) is 4. The fraction of sp³-hybridized carbons (Fsp3) is 0.364. The number of alkyl halides is 3. The molecule has 12 heteroatoms. The highest BCUT2D eigenvalue weighted by Gasteiger charge is 2.35. The maximum atomic E-state index is 13.6. The molecule has 0 radical (unpaired) electrons. The summed E-state index contributed by atoms with van der Waals surface area (Å²) in [5.41, 5.74) is -0.426. The fourth-order valence-corrected chi connectivity index (χ4v) is 4.49. The van der Waals surface area contributed by atoms with Crippen LogP contribution in [0.15, 0.2) is 30.6 Å². The Balaban J connectivity index is 1.72. The number of imide groups is 1. The molecule has 0 spiro atoms. The molecular weight excluding hydrogens is 456 g/mol. The molecule has 3 amide bonds. The van der Waals surface area contributed by atoms with Crippen molar-refractivity contribution in [2.45, 2.75) is 25.4 Å². The number of urea groups is 1. The number of aromatic nitrogens is 3.